The predicted molar refractivity (Wildman–Crippen MR) is 87.7 cm³/mol. The summed E-state index contributed by atoms with van der Waals surface area (Å²) in [5, 5.41) is 3.63. The molecule has 1 aliphatic heterocycles. The molecule has 1 heterocycles. The second-order valence-corrected chi connectivity index (χ2v) is 8.25. The molecular weight excluding hydrogens is 324 g/mol. The van der Waals surface area contributed by atoms with Crippen LogP contribution in [-0.2, 0) is 14.6 Å². The fraction of sp³-hybridized carbons (Fsp3) is 0.533. The highest BCUT2D eigenvalue weighted by Crippen LogP contribution is 2.20. The minimum atomic E-state index is -2.91. The summed E-state index contributed by atoms with van der Waals surface area (Å²) >= 11 is 5.99. The van der Waals surface area contributed by atoms with Gasteiger partial charge in [0, 0.05) is 18.1 Å². The molecule has 0 radical (unpaired) electrons. The lowest BCUT2D eigenvalue weighted by Gasteiger charge is -2.27. The average molecular weight is 345 g/mol. The second-order valence-electron chi connectivity index (χ2n) is 5.51. The van der Waals surface area contributed by atoms with Gasteiger partial charge in [0.1, 0.15) is 0 Å². The Morgan fingerprint density at radius 1 is 1.36 bits per heavy atom. The number of hydrogen-bond acceptors (Lipinski definition) is 4. The summed E-state index contributed by atoms with van der Waals surface area (Å²) in [6.45, 7) is 3.07. The minimum Gasteiger partial charge on any atom is -0.348 e. The van der Waals surface area contributed by atoms with Gasteiger partial charge in [0.05, 0.1) is 24.1 Å². The van der Waals surface area contributed by atoms with Gasteiger partial charge in [0.25, 0.3) is 0 Å². The first kappa shape index (κ1) is 17.2. The largest absolute Gasteiger partial charge is 0.348 e. The van der Waals surface area contributed by atoms with Crippen LogP contribution in [0.15, 0.2) is 24.3 Å². The van der Waals surface area contributed by atoms with Crippen LogP contribution in [0.25, 0.3) is 0 Å². The normalized spacial score (nSPS) is 19.5. The number of hydrogen-bond donors (Lipinski definition) is 1. The van der Waals surface area contributed by atoms with E-state index >= 15 is 0 Å². The number of carbonyl (C=O) groups excluding carboxylic acids is 1. The number of sulfone groups is 1. The average Bonchev–Trinajstić information content (AvgIpc) is 2.47. The third kappa shape index (κ3) is 4.97. The van der Waals surface area contributed by atoms with Crippen molar-refractivity contribution in [2.45, 2.75) is 19.4 Å². The summed E-state index contributed by atoms with van der Waals surface area (Å²) in [5.41, 5.74) is 0.976. The highest BCUT2D eigenvalue weighted by molar-refractivity contribution is 7.91. The number of nitrogens with zero attached hydrogens (tertiary/aromatic N) is 1. The highest BCUT2D eigenvalue weighted by Gasteiger charge is 2.23. The van der Waals surface area contributed by atoms with Crippen molar-refractivity contribution in [2.75, 3.05) is 31.1 Å². The fourth-order valence-electron chi connectivity index (χ4n) is 2.50. The summed E-state index contributed by atoms with van der Waals surface area (Å²) in [4.78, 5) is 14.0. The molecule has 1 unspecified atom stereocenters. The standard InChI is InChI=1S/C15H21ClN2O3S/c1-2-14(12-4-3-5-13(16)10-12)17-15(19)11-18-6-8-22(20,21)9-7-18/h3-5,10,14H,2,6-9,11H2,1H3,(H,17,19). The van der Waals surface area contributed by atoms with Gasteiger partial charge in [0.15, 0.2) is 9.84 Å². The van der Waals surface area contributed by atoms with Crippen LogP contribution in [0.2, 0.25) is 5.02 Å². The first-order valence-corrected chi connectivity index (χ1v) is 9.57. The van der Waals surface area contributed by atoms with Crippen molar-refractivity contribution in [3.05, 3.63) is 34.9 Å². The van der Waals surface area contributed by atoms with E-state index in [2.05, 4.69) is 5.32 Å². The Kier molecular flexibility index (Phi) is 5.83. The maximum atomic E-state index is 12.2. The van der Waals surface area contributed by atoms with Gasteiger partial charge in [-0.05, 0) is 24.1 Å². The van der Waals surface area contributed by atoms with Gasteiger partial charge in [-0.3, -0.25) is 9.69 Å². The summed E-state index contributed by atoms with van der Waals surface area (Å²) < 4.78 is 22.8. The van der Waals surface area contributed by atoms with Crippen molar-refractivity contribution >= 4 is 27.3 Å². The SMILES string of the molecule is CCC(NC(=O)CN1CCS(=O)(=O)CC1)c1cccc(Cl)c1. The molecule has 122 valence electrons. The topological polar surface area (TPSA) is 66.5 Å². The molecule has 1 aromatic rings. The first-order valence-electron chi connectivity index (χ1n) is 7.37. The van der Waals surface area contributed by atoms with Gasteiger partial charge in [-0.2, -0.15) is 0 Å². The Morgan fingerprint density at radius 2 is 2.05 bits per heavy atom. The Bertz CT molecular complexity index is 619. The first-order chi connectivity index (χ1) is 10.4. The Balaban J connectivity index is 1.90. The molecule has 0 saturated carbocycles. The lowest BCUT2D eigenvalue weighted by Crippen LogP contribution is -2.45. The molecule has 1 amide bonds. The van der Waals surface area contributed by atoms with Crippen molar-refractivity contribution in [2.24, 2.45) is 0 Å². The van der Waals surface area contributed by atoms with E-state index in [4.69, 9.17) is 11.6 Å². The number of halogens is 1. The molecule has 1 atom stereocenters. The van der Waals surface area contributed by atoms with Gasteiger partial charge in [0.2, 0.25) is 5.91 Å². The monoisotopic (exact) mass is 344 g/mol. The molecule has 2 rings (SSSR count). The lowest BCUT2D eigenvalue weighted by atomic mass is 10.0. The van der Waals surface area contributed by atoms with E-state index in [0.29, 0.717) is 18.1 Å². The predicted octanol–water partition coefficient (Wildman–Crippen LogP) is 1.64. The van der Waals surface area contributed by atoms with Gasteiger partial charge in [-0.25, -0.2) is 8.42 Å². The molecule has 1 fully saturated rings. The molecule has 1 aromatic carbocycles. The molecule has 7 heteroatoms. The lowest BCUT2D eigenvalue weighted by molar-refractivity contribution is -0.123. The van der Waals surface area contributed by atoms with Crippen LogP contribution in [0.5, 0.6) is 0 Å². The van der Waals surface area contributed by atoms with Crippen LogP contribution in [0.4, 0.5) is 0 Å². The van der Waals surface area contributed by atoms with Crippen LogP contribution in [0.3, 0.4) is 0 Å². The fourth-order valence-corrected chi connectivity index (χ4v) is 3.97. The van der Waals surface area contributed by atoms with Crippen molar-refractivity contribution in [3.8, 4) is 0 Å². The van der Waals surface area contributed by atoms with Crippen LogP contribution >= 0.6 is 11.6 Å². The maximum Gasteiger partial charge on any atom is 0.234 e. The van der Waals surface area contributed by atoms with E-state index in [1.807, 2.05) is 30.0 Å². The van der Waals surface area contributed by atoms with E-state index in [-0.39, 0.29) is 30.0 Å². The third-order valence-electron chi connectivity index (χ3n) is 3.80. The summed E-state index contributed by atoms with van der Waals surface area (Å²) in [5.74, 6) is 0.170. The number of benzene rings is 1. The van der Waals surface area contributed by atoms with Crippen molar-refractivity contribution in [3.63, 3.8) is 0 Å². The van der Waals surface area contributed by atoms with Crippen molar-refractivity contribution < 1.29 is 13.2 Å². The molecule has 1 saturated heterocycles. The minimum absolute atomic E-state index is 0.0836. The number of amides is 1. The zero-order chi connectivity index (χ0) is 16.2. The molecule has 0 aliphatic carbocycles. The zero-order valence-electron chi connectivity index (χ0n) is 12.6. The number of nitrogens with one attached hydrogen (secondary N) is 1. The van der Waals surface area contributed by atoms with E-state index < -0.39 is 9.84 Å². The van der Waals surface area contributed by atoms with Crippen LogP contribution in [-0.4, -0.2) is 50.4 Å². The number of rotatable bonds is 5. The molecule has 0 bridgehead atoms. The van der Waals surface area contributed by atoms with E-state index in [0.717, 1.165) is 12.0 Å². The van der Waals surface area contributed by atoms with Gasteiger partial charge in [-0.15, -0.1) is 0 Å². The molecule has 1 N–H and O–H groups in total. The Morgan fingerprint density at radius 3 is 2.64 bits per heavy atom. The van der Waals surface area contributed by atoms with Gasteiger partial charge in [-0.1, -0.05) is 30.7 Å². The zero-order valence-corrected chi connectivity index (χ0v) is 14.2. The van der Waals surface area contributed by atoms with E-state index in [1.54, 1.807) is 6.07 Å². The highest BCUT2D eigenvalue weighted by atomic mass is 35.5. The van der Waals surface area contributed by atoms with E-state index in [1.165, 1.54) is 0 Å². The van der Waals surface area contributed by atoms with Crippen LogP contribution in [0, 0.1) is 0 Å². The molecule has 0 spiro atoms. The molecular formula is C15H21ClN2O3S. The van der Waals surface area contributed by atoms with Crippen molar-refractivity contribution in [1.82, 2.24) is 10.2 Å². The smallest absolute Gasteiger partial charge is 0.234 e. The van der Waals surface area contributed by atoms with Crippen LogP contribution in [0.1, 0.15) is 24.9 Å². The summed E-state index contributed by atoms with van der Waals surface area (Å²) in [6, 6.07) is 7.37. The summed E-state index contributed by atoms with van der Waals surface area (Å²) in [6.07, 6.45) is 0.764. The molecule has 0 aromatic heterocycles. The summed E-state index contributed by atoms with van der Waals surface area (Å²) in [7, 11) is -2.91. The van der Waals surface area contributed by atoms with E-state index in [9.17, 15) is 13.2 Å². The Labute approximate surface area is 136 Å². The van der Waals surface area contributed by atoms with Crippen LogP contribution < -0.4 is 5.32 Å². The van der Waals surface area contributed by atoms with Gasteiger partial charge < -0.3 is 5.32 Å². The molecule has 5 nitrogen and oxygen atoms in total. The third-order valence-corrected chi connectivity index (χ3v) is 5.64. The quantitative estimate of drug-likeness (QED) is 0.881. The molecule has 1 aliphatic rings. The second kappa shape index (κ2) is 7.44. The molecule has 22 heavy (non-hydrogen) atoms. The number of carbonyl (C=O) groups is 1. The van der Waals surface area contributed by atoms with Gasteiger partial charge >= 0.3 is 0 Å². The van der Waals surface area contributed by atoms with Crippen molar-refractivity contribution in [1.29, 1.82) is 0 Å². The Hall–Kier alpha value is -1.11. The maximum absolute atomic E-state index is 12.2.